The summed E-state index contributed by atoms with van der Waals surface area (Å²) in [6, 6.07) is 11.0. The van der Waals surface area contributed by atoms with Crippen molar-refractivity contribution < 1.29 is 9.13 Å². The minimum atomic E-state index is -0.208. The minimum Gasteiger partial charge on any atom is -0.490 e. The van der Waals surface area contributed by atoms with E-state index in [-0.39, 0.29) is 16.7 Å². The Morgan fingerprint density at radius 3 is 2.85 bits per heavy atom. The fourth-order valence-corrected chi connectivity index (χ4v) is 3.50. The molecule has 1 aliphatic heterocycles. The largest absolute Gasteiger partial charge is 0.490 e. The molecule has 2 atom stereocenters. The van der Waals surface area contributed by atoms with Crippen molar-refractivity contribution in [2.24, 2.45) is 0 Å². The lowest BCUT2D eigenvalue weighted by molar-refractivity contribution is 0.254. The monoisotopic (exact) mass is 398 g/mol. The van der Waals surface area contributed by atoms with E-state index in [4.69, 9.17) is 4.74 Å². The summed E-state index contributed by atoms with van der Waals surface area (Å²) < 4.78 is 20.5. The van der Waals surface area contributed by atoms with Gasteiger partial charge in [-0.05, 0) is 42.3 Å². The maximum atomic E-state index is 14.0. The molecular formula is C16H13Br2FO. The van der Waals surface area contributed by atoms with Gasteiger partial charge in [0.15, 0.2) is 0 Å². The number of halogens is 3. The van der Waals surface area contributed by atoms with Gasteiger partial charge >= 0.3 is 0 Å². The summed E-state index contributed by atoms with van der Waals surface area (Å²) >= 11 is 6.99. The van der Waals surface area contributed by atoms with Crippen LogP contribution >= 0.6 is 31.9 Å². The minimum absolute atomic E-state index is 0.166. The Morgan fingerprint density at radius 1 is 1.25 bits per heavy atom. The van der Waals surface area contributed by atoms with E-state index < -0.39 is 0 Å². The smallest absolute Gasteiger partial charge is 0.127 e. The number of rotatable bonds is 2. The summed E-state index contributed by atoms with van der Waals surface area (Å²) in [7, 11) is 0. The molecule has 0 bridgehead atoms. The molecule has 1 nitrogen and oxygen atoms in total. The summed E-state index contributed by atoms with van der Waals surface area (Å²) in [6.07, 6.45) is 1.13. The Morgan fingerprint density at radius 2 is 2.05 bits per heavy atom. The first-order valence-corrected chi connectivity index (χ1v) is 8.14. The van der Waals surface area contributed by atoms with Gasteiger partial charge < -0.3 is 4.74 Å². The Balaban J connectivity index is 1.97. The molecule has 0 saturated heterocycles. The predicted molar refractivity (Wildman–Crippen MR) is 85.1 cm³/mol. The van der Waals surface area contributed by atoms with Gasteiger partial charge in [0.2, 0.25) is 0 Å². The van der Waals surface area contributed by atoms with Crippen LogP contribution in [0.2, 0.25) is 0 Å². The van der Waals surface area contributed by atoms with Crippen LogP contribution in [0.25, 0.3) is 0 Å². The van der Waals surface area contributed by atoms with Crippen LogP contribution in [-0.2, 0) is 6.42 Å². The second-order valence-corrected chi connectivity index (χ2v) is 6.86. The Kier molecular flexibility index (Phi) is 3.87. The molecule has 2 aromatic carbocycles. The second kappa shape index (κ2) is 5.49. The zero-order valence-corrected chi connectivity index (χ0v) is 14.0. The van der Waals surface area contributed by atoms with E-state index in [9.17, 15) is 4.39 Å². The van der Waals surface area contributed by atoms with E-state index in [1.165, 1.54) is 11.6 Å². The third-order valence-electron chi connectivity index (χ3n) is 3.44. The maximum Gasteiger partial charge on any atom is 0.127 e. The topological polar surface area (TPSA) is 9.23 Å². The summed E-state index contributed by atoms with van der Waals surface area (Å²) in [5.74, 6) is 0.732. The number of alkyl halides is 1. The van der Waals surface area contributed by atoms with Crippen molar-refractivity contribution in [3.8, 4) is 5.75 Å². The molecule has 104 valence electrons. The molecule has 0 radical (unpaired) electrons. The molecular weight excluding hydrogens is 387 g/mol. The van der Waals surface area contributed by atoms with Gasteiger partial charge in [-0.3, -0.25) is 0 Å². The lowest BCUT2D eigenvalue weighted by Gasteiger charge is -2.13. The molecule has 2 aromatic rings. The molecule has 1 heterocycles. The highest BCUT2D eigenvalue weighted by atomic mass is 79.9. The van der Waals surface area contributed by atoms with Crippen molar-refractivity contribution in [3.63, 3.8) is 0 Å². The summed E-state index contributed by atoms with van der Waals surface area (Å²) in [5, 5.41) is 0. The van der Waals surface area contributed by atoms with Crippen LogP contribution in [-0.4, -0.2) is 6.10 Å². The maximum absolute atomic E-state index is 14.0. The first-order valence-electron chi connectivity index (χ1n) is 6.43. The van der Waals surface area contributed by atoms with Crippen LogP contribution in [0.15, 0.2) is 40.9 Å². The highest BCUT2D eigenvalue weighted by Crippen LogP contribution is 2.37. The highest BCUT2D eigenvalue weighted by molar-refractivity contribution is 9.10. The van der Waals surface area contributed by atoms with Gasteiger partial charge in [0.05, 0.1) is 4.83 Å². The van der Waals surface area contributed by atoms with E-state index in [1.54, 1.807) is 12.1 Å². The number of fused-ring (bicyclic) bond motifs is 1. The first kappa shape index (κ1) is 14.1. The van der Waals surface area contributed by atoms with E-state index in [1.807, 2.05) is 12.1 Å². The molecule has 20 heavy (non-hydrogen) atoms. The van der Waals surface area contributed by atoms with Crippen molar-refractivity contribution >= 4 is 31.9 Å². The number of ether oxygens (including phenoxy) is 1. The number of hydrogen-bond donors (Lipinski definition) is 0. The standard InChI is InChI=1S/C16H13Br2FO/c1-9-6-11-7-10(2-5-15(11)20-9)16(18)13-8-12(17)3-4-14(13)19/h2-5,7-9,16H,6H2,1H3. The Hall–Kier alpha value is -0.870. The fourth-order valence-electron chi connectivity index (χ4n) is 2.49. The Bertz CT molecular complexity index is 657. The van der Waals surface area contributed by atoms with Gasteiger partial charge in [-0.15, -0.1) is 0 Å². The van der Waals surface area contributed by atoms with Crippen LogP contribution in [0.5, 0.6) is 5.75 Å². The second-order valence-electron chi connectivity index (χ2n) is 5.03. The number of benzene rings is 2. The summed E-state index contributed by atoms with van der Waals surface area (Å²) in [5.41, 5.74) is 2.86. The average molecular weight is 400 g/mol. The molecule has 0 fully saturated rings. The zero-order valence-electron chi connectivity index (χ0n) is 10.9. The lowest BCUT2D eigenvalue weighted by Crippen LogP contribution is -2.05. The number of hydrogen-bond acceptors (Lipinski definition) is 1. The summed E-state index contributed by atoms with van der Waals surface area (Å²) in [6.45, 7) is 2.05. The normalized spacial score (nSPS) is 18.5. The third-order valence-corrected chi connectivity index (χ3v) is 4.96. The molecule has 0 aromatic heterocycles. The van der Waals surface area contributed by atoms with E-state index >= 15 is 0 Å². The van der Waals surface area contributed by atoms with Gasteiger partial charge in [-0.2, -0.15) is 0 Å². The summed E-state index contributed by atoms with van der Waals surface area (Å²) in [4.78, 5) is -0.166. The van der Waals surface area contributed by atoms with Crippen molar-refractivity contribution in [2.75, 3.05) is 0 Å². The molecule has 1 aliphatic rings. The Labute approximate surface area is 134 Å². The van der Waals surface area contributed by atoms with Gasteiger partial charge in [0.25, 0.3) is 0 Å². The molecule has 3 rings (SSSR count). The van der Waals surface area contributed by atoms with Gasteiger partial charge in [0, 0.05) is 16.5 Å². The quantitative estimate of drug-likeness (QED) is 0.614. The van der Waals surface area contributed by atoms with Crippen LogP contribution < -0.4 is 4.74 Å². The van der Waals surface area contributed by atoms with Gasteiger partial charge in [0.1, 0.15) is 17.7 Å². The molecule has 0 amide bonds. The van der Waals surface area contributed by atoms with Gasteiger partial charge in [-0.1, -0.05) is 44.0 Å². The lowest BCUT2D eigenvalue weighted by atomic mass is 10.0. The zero-order chi connectivity index (χ0) is 14.3. The fraction of sp³-hybridized carbons (Fsp3) is 0.250. The van der Waals surface area contributed by atoms with E-state index in [0.717, 1.165) is 22.2 Å². The average Bonchev–Trinajstić information content (AvgIpc) is 2.79. The van der Waals surface area contributed by atoms with Crippen LogP contribution in [0.1, 0.15) is 28.4 Å². The van der Waals surface area contributed by atoms with Crippen LogP contribution in [0.3, 0.4) is 0 Å². The van der Waals surface area contributed by atoms with Crippen molar-refractivity contribution in [1.29, 1.82) is 0 Å². The molecule has 2 unspecified atom stereocenters. The van der Waals surface area contributed by atoms with Crippen molar-refractivity contribution in [2.45, 2.75) is 24.3 Å². The highest BCUT2D eigenvalue weighted by Gasteiger charge is 2.22. The van der Waals surface area contributed by atoms with Crippen LogP contribution in [0.4, 0.5) is 4.39 Å². The van der Waals surface area contributed by atoms with Crippen molar-refractivity contribution in [1.82, 2.24) is 0 Å². The molecule has 0 N–H and O–H groups in total. The molecule has 0 saturated carbocycles. The molecule has 0 aliphatic carbocycles. The SMILES string of the molecule is CC1Cc2cc(C(Br)c3cc(Br)ccc3F)ccc2O1. The molecule has 4 heteroatoms. The van der Waals surface area contributed by atoms with Gasteiger partial charge in [-0.25, -0.2) is 4.39 Å². The van der Waals surface area contributed by atoms with E-state index in [2.05, 4.69) is 44.8 Å². The molecule has 0 spiro atoms. The van der Waals surface area contributed by atoms with Crippen molar-refractivity contribution in [3.05, 3.63) is 63.4 Å². The third kappa shape index (κ3) is 2.63. The first-order chi connectivity index (χ1) is 9.54. The van der Waals surface area contributed by atoms with Crippen LogP contribution in [0, 0.1) is 5.82 Å². The predicted octanol–water partition coefficient (Wildman–Crippen LogP) is 5.40. The van der Waals surface area contributed by atoms with E-state index in [0.29, 0.717) is 5.56 Å².